The highest BCUT2D eigenvalue weighted by molar-refractivity contribution is 7.83. The normalized spacial score (nSPS) is 18.9. The molecule has 1 fully saturated rings. The lowest BCUT2D eigenvalue weighted by atomic mass is 9.96. The first-order chi connectivity index (χ1) is 10.9. The summed E-state index contributed by atoms with van der Waals surface area (Å²) in [7, 11) is -2.11. The average molecular weight is 347 g/mol. The van der Waals surface area contributed by atoms with E-state index >= 15 is 0 Å². The summed E-state index contributed by atoms with van der Waals surface area (Å²) in [5, 5.41) is 0. The van der Waals surface area contributed by atoms with E-state index in [2.05, 4.69) is 40.9 Å². The van der Waals surface area contributed by atoms with Gasteiger partial charge in [0.05, 0.1) is 6.67 Å². The largest absolute Gasteiger partial charge is 0.735 e. The fraction of sp³-hybridized carbons (Fsp3) is 0.875. The van der Waals surface area contributed by atoms with Crippen molar-refractivity contribution in [2.45, 2.75) is 70.8 Å². The second-order valence-electron chi connectivity index (χ2n) is 6.48. The number of unbranched alkanes of at least 4 members (excludes halogenated alkanes) is 3. The standard InChI is InChI=1S/C10H20N2.C6H13NO3S/c1-3-4-5-6-7-12-9-8-11(2)10-12;8-11(9,10)7-6-4-2-1-3-5-6/h8-9H,3-7,10H2,1-2H3;6-7H,1-5H2,(H,8,9,10)/p-1. The van der Waals surface area contributed by atoms with Gasteiger partial charge in [0, 0.05) is 32.0 Å². The van der Waals surface area contributed by atoms with Gasteiger partial charge < -0.3 is 14.4 Å². The Morgan fingerprint density at radius 2 is 1.83 bits per heavy atom. The van der Waals surface area contributed by atoms with Gasteiger partial charge in [-0.25, -0.2) is 13.1 Å². The van der Waals surface area contributed by atoms with Crippen LogP contribution in [0.3, 0.4) is 0 Å². The molecule has 0 spiro atoms. The summed E-state index contributed by atoms with van der Waals surface area (Å²) in [6, 6.07) is -0.105. The zero-order valence-electron chi connectivity index (χ0n) is 14.5. The van der Waals surface area contributed by atoms with Gasteiger partial charge in [-0.15, -0.1) is 0 Å². The van der Waals surface area contributed by atoms with Crippen LogP contribution in [0.2, 0.25) is 0 Å². The summed E-state index contributed by atoms with van der Waals surface area (Å²) < 4.78 is 32.8. The van der Waals surface area contributed by atoms with Crippen LogP contribution in [0, 0.1) is 0 Å². The van der Waals surface area contributed by atoms with Crippen molar-refractivity contribution >= 4 is 10.3 Å². The Morgan fingerprint density at radius 1 is 1.13 bits per heavy atom. The van der Waals surface area contributed by atoms with E-state index in [1.54, 1.807) is 0 Å². The molecule has 6 nitrogen and oxygen atoms in total. The van der Waals surface area contributed by atoms with Crippen molar-refractivity contribution in [1.29, 1.82) is 0 Å². The summed E-state index contributed by atoms with van der Waals surface area (Å²) in [6.45, 7) is 4.55. The van der Waals surface area contributed by atoms with Gasteiger partial charge in [-0.2, -0.15) is 0 Å². The van der Waals surface area contributed by atoms with Crippen LogP contribution < -0.4 is 4.72 Å². The minimum Gasteiger partial charge on any atom is -0.735 e. The number of rotatable bonds is 7. The molecule has 0 amide bonds. The maximum atomic E-state index is 10.2. The Bertz CT molecular complexity index is 434. The quantitative estimate of drug-likeness (QED) is 0.566. The molecule has 136 valence electrons. The van der Waals surface area contributed by atoms with Gasteiger partial charge in [-0.05, 0) is 19.3 Å². The molecule has 1 saturated carbocycles. The number of hydrogen-bond acceptors (Lipinski definition) is 5. The Labute approximate surface area is 141 Å². The van der Waals surface area contributed by atoms with Crippen molar-refractivity contribution in [3.63, 3.8) is 0 Å². The lowest BCUT2D eigenvalue weighted by molar-refractivity contribution is 0.291. The van der Waals surface area contributed by atoms with E-state index in [0.717, 1.165) is 38.8 Å². The number of nitrogens with zero attached hydrogens (tertiary/aromatic N) is 2. The van der Waals surface area contributed by atoms with Crippen LogP contribution >= 0.6 is 0 Å². The van der Waals surface area contributed by atoms with Crippen molar-refractivity contribution in [2.75, 3.05) is 20.3 Å². The van der Waals surface area contributed by atoms with E-state index < -0.39 is 10.3 Å². The first-order valence-corrected chi connectivity index (χ1v) is 10.2. The molecule has 1 aliphatic heterocycles. The molecule has 23 heavy (non-hydrogen) atoms. The van der Waals surface area contributed by atoms with Crippen LogP contribution in [-0.4, -0.2) is 49.1 Å². The average Bonchev–Trinajstić information content (AvgIpc) is 2.89. The molecule has 0 aromatic carbocycles. The van der Waals surface area contributed by atoms with E-state index in [9.17, 15) is 13.0 Å². The molecule has 7 heteroatoms. The van der Waals surface area contributed by atoms with E-state index in [0.29, 0.717) is 0 Å². The highest BCUT2D eigenvalue weighted by Crippen LogP contribution is 2.17. The second kappa shape index (κ2) is 10.9. The Kier molecular flexibility index (Phi) is 9.59. The third-order valence-electron chi connectivity index (χ3n) is 4.15. The molecular weight excluding hydrogens is 314 g/mol. The van der Waals surface area contributed by atoms with Gasteiger partial charge in [-0.1, -0.05) is 45.4 Å². The molecule has 1 heterocycles. The van der Waals surface area contributed by atoms with Gasteiger partial charge in [0.15, 0.2) is 10.3 Å². The van der Waals surface area contributed by atoms with Crippen LogP contribution in [0.4, 0.5) is 0 Å². The molecule has 2 aliphatic rings. The van der Waals surface area contributed by atoms with Crippen LogP contribution in [0.25, 0.3) is 0 Å². The molecule has 0 unspecified atom stereocenters. The fourth-order valence-corrected chi connectivity index (χ4v) is 3.54. The Hall–Kier alpha value is -0.790. The summed E-state index contributed by atoms with van der Waals surface area (Å²) >= 11 is 0. The van der Waals surface area contributed by atoms with Crippen molar-refractivity contribution in [2.24, 2.45) is 0 Å². The molecule has 0 aromatic rings. The van der Waals surface area contributed by atoms with Crippen molar-refractivity contribution in [1.82, 2.24) is 14.5 Å². The summed E-state index contributed by atoms with van der Waals surface area (Å²) in [5.41, 5.74) is 0. The topological polar surface area (TPSA) is 75.7 Å². The minimum absolute atomic E-state index is 0.105. The van der Waals surface area contributed by atoms with E-state index in [4.69, 9.17) is 0 Å². The molecule has 0 saturated heterocycles. The van der Waals surface area contributed by atoms with Crippen molar-refractivity contribution in [3.05, 3.63) is 12.4 Å². The monoisotopic (exact) mass is 346 g/mol. The van der Waals surface area contributed by atoms with E-state index in [1.165, 1.54) is 32.2 Å². The van der Waals surface area contributed by atoms with Crippen LogP contribution in [0.15, 0.2) is 12.4 Å². The number of hydrogen-bond donors (Lipinski definition) is 1. The Balaban J connectivity index is 0.000000231. The fourth-order valence-electron chi connectivity index (χ4n) is 2.90. The highest BCUT2D eigenvalue weighted by Gasteiger charge is 2.14. The highest BCUT2D eigenvalue weighted by atomic mass is 32.2. The van der Waals surface area contributed by atoms with Gasteiger partial charge >= 0.3 is 0 Å². The lowest BCUT2D eigenvalue weighted by Gasteiger charge is -2.23. The summed E-state index contributed by atoms with van der Waals surface area (Å²) in [4.78, 5) is 4.58. The minimum atomic E-state index is -4.22. The third-order valence-corrected chi connectivity index (χ3v) is 4.77. The molecular formula is C16H32N3O3S-. The third kappa shape index (κ3) is 10.6. The molecule has 0 atom stereocenters. The lowest BCUT2D eigenvalue weighted by Crippen LogP contribution is -2.35. The van der Waals surface area contributed by atoms with Crippen molar-refractivity contribution in [3.8, 4) is 0 Å². The molecule has 2 rings (SSSR count). The van der Waals surface area contributed by atoms with Crippen LogP contribution in [-0.2, 0) is 10.3 Å². The van der Waals surface area contributed by atoms with Gasteiger partial charge in [0.2, 0.25) is 0 Å². The van der Waals surface area contributed by atoms with Gasteiger partial charge in [-0.3, -0.25) is 0 Å². The predicted octanol–water partition coefficient (Wildman–Crippen LogP) is 2.61. The van der Waals surface area contributed by atoms with Gasteiger partial charge in [0.25, 0.3) is 0 Å². The first kappa shape index (κ1) is 20.3. The molecule has 0 bridgehead atoms. The zero-order valence-corrected chi connectivity index (χ0v) is 15.4. The van der Waals surface area contributed by atoms with Crippen molar-refractivity contribution < 1.29 is 13.0 Å². The molecule has 1 N–H and O–H groups in total. The second-order valence-corrected chi connectivity index (χ2v) is 7.62. The molecule has 1 aliphatic carbocycles. The van der Waals surface area contributed by atoms with E-state index in [-0.39, 0.29) is 6.04 Å². The van der Waals surface area contributed by atoms with E-state index in [1.807, 2.05) is 0 Å². The Morgan fingerprint density at radius 3 is 2.35 bits per heavy atom. The van der Waals surface area contributed by atoms with Crippen LogP contribution in [0.1, 0.15) is 64.7 Å². The smallest absolute Gasteiger partial charge is 0.159 e. The predicted molar refractivity (Wildman–Crippen MR) is 92.3 cm³/mol. The molecule has 0 aromatic heterocycles. The van der Waals surface area contributed by atoms with Gasteiger partial charge in [0.1, 0.15) is 0 Å². The maximum absolute atomic E-state index is 10.2. The zero-order chi connectivity index (χ0) is 17.1. The first-order valence-electron chi connectivity index (χ1n) is 8.76. The summed E-state index contributed by atoms with van der Waals surface area (Å²) in [5.74, 6) is 0. The summed E-state index contributed by atoms with van der Waals surface area (Å²) in [6.07, 6.45) is 14.6. The molecule has 0 radical (unpaired) electrons. The maximum Gasteiger partial charge on any atom is 0.159 e. The SMILES string of the molecule is CCCCCCN1C=CN(C)C1.O=S(=O)([O-])NC1CCCCC1. The van der Waals surface area contributed by atoms with Crippen LogP contribution in [0.5, 0.6) is 0 Å². The number of nitrogens with one attached hydrogen (secondary N) is 1.